The van der Waals surface area contributed by atoms with Crippen LogP contribution < -0.4 is 10.1 Å². The lowest BCUT2D eigenvalue weighted by molar-refractivity contribution is 0.102. The third-order valence-electron chi connectivity index (χ3n) is 5.44. The van der Waals surface area contributed by atoms with E-state index in [4.69, 9.17) is 4.74 Å². The molecule has 7 heteroatoms. The molecule has 0 unspecified atom stereocenters. The van der Waals surface area contributed by atoms with E-state index in [2.05, 4.69) is 20.4 Å². The molecule has 0 radical (unpaired) electrons. The second kappa shape index (κ2) is 9.61. The van der Waals surface area contributed by atoms with E-state index in [-0.39, 0.29) is 5.91 Å². The molecule has 0 saturated carbocycles. The Hall–Kier alpha value is -4.78. The topological polar surface area (TPSA) is 81.9 Å². The van der Waals surface area contributed by atoms with E-state index < -0.39 is 0 Å². The van der Waals surface area contributed by atoms with Gasteiger partial charge in [-0.3, -0.25) is 4.79 Å². The average Bonchev–Trinajstić information content (AvgIpc) is 3.24. The number of hydrogen-bond donors (Lipinski definition) is 1. The van der Waals surface area contributed by atoms with Gasteiger partial charge in [0.1, 0.15) is 12.1 Å². The fourth-order valence-electron chi connectivity index (χ4n) is 3.74. The lowest BCUT2D eigenvalue weighted by Crippen LogP contribution is -2.11. The summed E-state index contributed by atoms with van der Waals surface area (Å²) in [6, 6.07) is 28.4. The summed E-state index contributed by atoms with van der Waals surface area (Å²) in [5.74, 6) is 1.44. The van der Waals surface area contributed by atoms with E-state index in [0.29, 0.717) is 28.7 Å². The molecular weight excluding hydrogens is 438 g/mol. The predicted octanol–water partition coefficient (Wildman–Crippen LogP) is 5.99. The summed E-state index contributed by atoms with van der Waals surface area (Å²) in [6.07, 6.45) is 1.44. The van der Waals surface area contributed by atoms with Crippen LogP contribution in [-0.4, -0.2) is 25.7 Å². The van der Waals surface area contributed by atoms with Crippen LogP contribution in [0, 0.1) is 13.8 Å². The lowest BCUT2D eigenvalue weighted by Gasteiger charge is -2.09. The smallest absolute Gasteiger partial charge is 0.255 e. The molecule has 5 rings (SSSR count). The van der Waals surface area contributed by atoms with Gasteiger partial charge in [-0.15, -0.1) is 0 Å². The molecule has 0 aliphatic carbocycles. The molecule has 0 atom stereocenters. The van der Waals surface area contributed by atoms with Gasteiger partial charge in [0, 0.05) is 23.0 Å². The fraction of sp³-hybridized carbons (Fsp3) is 0.0714. The van der Waals surface area contributed by atoms with Gasteiger partial charge in [-0.05, 0) is 67.4 Å². The van der Waals surface area contributed by atoms with Crippen molar-refractivity contribution in [1.82, 2.24) is 19.7 Å². The van der Waals surface area contributed by atoms with E-state index in [9.17, 15) is 4.79 Å². The van der Waals surface area contributed by atoms with E-state index in [1.54, 1.807) is 35.0 Å². The largest absolute Gasteiger partial charge is 0.439 e. The van der Waals surface area contributed by atoms with Gasteiger partial charge in [-0.2, -0.15) is 5.10 Å². The number of carbonyl (C=O) groups is 1. The average molecular weight is 462 g/mol. The van der Waals surface area contributed by atoms with Crippen LogP contribution in [0.1, 0.15) is 21.7 Å². The number of carbonyl (C=O) groups excluding carboxylic acids is 1. The quantitative estimate of drug-likeness (QED) is 0.336. The van der Waals surface area contributed by atoms with Gasteiger partial charge in [0.2, 0.25) is 5.88 Å². The summed E-state index contributed by atoms with van der Waals surface area (Å²) in [7, 11) is 0. The molecule has 0 spiro atoms. The number of anilines is 1. The van der Waals surface area contributed by atoms with Crippen LogP contribution >= 0.6 is 0 Å². The van der Waals surface area contributed by atoms with Crippen LogP contribution in [0.25, 0.3) is 16.9 Å². The molecule has 5 aromatic rings. The van der Waals surface area contributed by atoms with Crippen molar-refractivity contribution >= 4 is 11.6 Å². The Bertz CT molecular complexity index is 1460. The van der Waals surface area contributed by atoms with Crippen molar-refractivity contribution in [2.24, 2.45) is 0 Å². The third kappa shape index (κ3) is 5.09. The molecule has 3 aromatic carbocycles. The number of amides is 1. The maximum Gasteiger partial charge on any atom is 0.255 e. The van der Waals surface area contributed by atoms with Crippen molar-refractivity contribution in [2.45, 2.75) is 13.8 Å². The highest BCUT2D eigenvalue weighted by Gasteiger charge is 2.09. The third-order valence-corrected chi connectivity index (χ3v) is 5.44. The molecule has 1 amide bonds. The molecule has 0 fully saturated rings. The molecule has 7 nitrogen and oxygen atoms in total. The number of benzene rings is 3. The normalized spacial score (nSPS) is 10.7. The Morgan fingerprint density at radius 3 is 2.23 bits per heavy atom. The standard InChI is InChI=1S/C28H23N5O2/c1-19-16-20(2)33(32-19)26-17-27(30-18-29-26)35-25-14-12-24(13-15-25)31-28(34)23-10-8-22(9-11-23)21-6-4-3-5-7-21/h3-18H,1-2H3,(H,31,34). The van der Waals surface area contributed by atoms with Gasteiger partial charge < -0.3 is 10.1 Å². The van der Waals surface area contributed by atoms with Gasteiger partial charge in [0.05, 0.1) is 5.69 Å². The van der Waals surface area contributed by atoms with E-state index in [1.165, 1.54) is 6.33 Å². The van der Waals surface area contributed by atoms with E-state index in [0.717, 1.165) is 22.5 Å². The monoisotopic (exact) mass is 461 g/mol. The number of ether oxygens (including phenoxy) is 1. The summed E-state index contributed by atoms with van der Waals surface area (Å²) in [5, 5.41) is 7.36. The van der Waals surface area contributed by atoms with Gasteiger partial charge in [0.25, 0.3) is 5.91 Å². The lowest BCUT2D eigenvalue weighted by atomic mass is 10.0. The number of aromatic nitrogens is 4. The van der Waals surface area contributed by atoms with Gasteiger partial charge in [0.15, 0.2) is 5.82 Å². The highest BCUT2D eigenvalue weighted by molar-refractivity contribution is 6.04. The summed E-state index contributed by atoms with van der Waals surface area (Å²) in [6.45, 7) is 3.90. The number of nitrogens with one attached hydrogen (secondary N) is 1. The van der Waals surface area contributed by atoms with Gasteiger partial charge >= 0.3 is 0 Å². The Balaban J connectivity index is 1.24. The molecule has 1 N–H and O–H groups in total. The van der Waals surface area contributed by atoms with Crippen LogP contribution in [0.2, 0.25) is 0 Å². The minimum atomic E-state index is -0.177. The van der Waals surface area contributed by atoms with Crippen molar-refractivity contribution in [3.8, 4) is 28.6 Å². The number of rotatable bonds is 6. The van der Waals surface area contributed by atoms with E-state index >= 15 is 0 Å². The summed E-state index contributed by atoms with van der Waals surface area (Å²) >= 11 is 0. The fourth-order valence-corrected chi connectivity index (χ4v) is 3.74. The molecule has 35 heavy (non-hydrogen) atoms. The highest BCUT2D eigenvalue weighted by Crippen LogP contribution is 2.24. The molecule has 0 aliphatic heterocycles. The molecule has 2 heterocycles. The first-order valence-corrected chi connectivity index (χ1v) is 11.2. The molecular formula is C28H23N5O2. The van der Waals surface area contributed by atoms with Crippen LogP contribution in [0.4, 0.5) is 5.69 Å². The Morgan fingerprint density at radius 2 is 1.54 bits per heavy atom. The number of nitrogens with zero attached hydrogens (tertiary/aromatic N) is 4. The number of aryl methyl sites for hydroxylation is 2. The zero-order chi connectivity index (χ0) is 24.2. The van der Waals surface area contributed by atoms with E-state index in [1.807, 2.05) is 74.5 Å². The van der Waals surface area contributed by atoms with Gasteiger partial charge in [-0.25, -0.2) is 14.6 Å². The Labute approximate surface area is 203 Å². The van der Waals surface area contributed by atoms with Crippen LogP contribution in [-0.2, 0) is 0 Å². The SMILES string of the molecule is Cc1cc(C)n(-c2cc(Oc3ccc(NC(=O)c4ccc(-c5ccccc5)cc4)cc3)ncn2)n1. The van der Waals surface area contributed by atoms with Crippen LogP contribution in [0.15, 0.2) is 97.3 Å². The predicted molar refractivity (Wildman–Crippen MR) is 135 cm³/mol. The van der Waals surface area contributed by atoms with Crippen LogP contribution in [0.5, 0.6) is 11.6 Å². The first-order chi connectivity index (χ1) is 17.0. The molecule has 172 valence electrons. The maximum absolute atomic E-state index is 12.7. The van der Waals surface area contributed by atoms with Crippen LogP contribution in [0.3, 0.4) is 0 Å². The Kier molecular flexibility index (Phi) is 6.05. The van der Waals surface area contributed by atoms with Crippen molar-refractivity contribution in [2.75, 3.05) is 5.32 Å². The molecule has 0 aliphatic rings. The summed E-state index contributed by atoms with van der Waals surface area (Å²) in [5.41, 5.74) is 5.31. The van der Waals surface area contributed by atoms with Crippen molar-refractivity contribution in [3.63, 3.8) is 0 Å². The molecule has 2 aromatic heterocycles. The Morgan fingerprint density at radius 1 is 0.829 bits per heavy atom. The molecule has 0 saturated heterocycles. The number of hydrogen-bond acceptors (Lipinski definition) is 5. The molecule has 0 bridgehead atoms. The van der Waals surface area contributed by atoms with Crippen molar-refractivity contribution in [3.05, 3.63) is 114 Å². The first-order valence-electron chi connectivity index (χ1n) is 11.2. The minimum absolute atomic E-state index is 0.177. The zero-order valence-electron chi connectivity index (χ0n) is 19.3. The second-order valence-corrected chi connectivity index (χ2v) is 8.08. The van der Waals surface area contributed by atoms with Crippen molar-refractivity contribution < 1.29 is 9.53 Å². The highest BCUT2D eigenvalue weighted by atomic mass is 16.5. The summed E-state index contributed by atoms with van der Waals surface area (Å²) in [4.78, 5) is 21.1. The zero-order valence-corrected chi connectivity index (χ0v) is 19.3. The van der Waals surface area contributed by atoms with Gasteiger partial charge in [-0.1, -0.05) is 42.5 Å². The first kappa shape index (κ1) is 22.0. The summed E-state index contributed by atoms with van der Waals surface area (Å²) < 4.78 is 7.63. The maximum atomic E-state index is 12.7. The second-order valence-electron chi connectivity index (χ2n) is 8.08. The van der Waals surface area contributed by atoms with Crippen molar-refractivity contribution in [1.29, 1.82) is 0 Å². The minimum Gasteiger partial charge on any atom is -0.439 e.